The predicted molar refractivity (Wildman–Crippen MR) is 98.9 cm³/mol. The van der Waals surface area contributed by atoms with E-state index in [-0.39, 0.29) is 17.5 Å². The molecule has 0 radical (unpaired) electrons. The molecule has 1 aromatic rings. The molecule has 1 heterocycles. The van der Waals surface area contributed by atoms with Crippen molar-refractivity contribution in [3.8, 4) is 0 Å². The molecule has 1 aliphatic carbocycles. The minimum Gasteiger partial charge on any atom is -0.480 e. The Morgan fingerprint density at radius 1 is 1.15 bits per heavy atom. The van der Waals surface area contributed by atoms with Crippen molar-refractivity contribution in [3.63, 3.8) is 0 Å². The zero-order valence-electron chi connectivity index (χ0n) is 15.9. The second-order valence-corrected chi connectivity index (χ2v) is 7.47. The Kier molecular flexibility index (Phi) is 7.69. The highest BCUT2D eigenvalue weighted by atomic mass is 16.4. The fourth-order valence-electron chi connectivity index (χ4n) is 3.45. The van der Waals surface area contributed by atoms with E-state index in [4.69, 9.17) is 0 Å². The molecule has 148 valence electrons. The third-order valence-electron chi connectivity index (χ3n) is 4.81. The molecule has 1 aromatic heterocycles. The van der Waals surface area contributed by atoms with E-state index in [1.165, 1.54) is 18.6 Å². The van der Waals surface area contributed by atoms with Gasteiger partial charge in [-0.15, -0.1) is 0 Å². The summed E-state index contributed by atoms with van der Waals surface area (Å²) in [5.41, 5.74) is 0.128. The molecule has 27 heavy (non-hydrogen) atoms. The first-order valence-electron chi connectivity index (χ1n) is 9.48. The molecule has 8 heteroatoms. The Hall–Kier alpha value is -2.51. The summed E-state index contributed by atoms with van der Waals surface area (Å²) in [7, 11) is 0. The van der Waals surface area contributed by atoms with Crippen LogP contribution in [0.2, 0.25) is 0 Å². The number of carbonyl (C=O) groups excluding carboxylic acids is 2. The third kappa shape index (κ3) is 6.30. The normalized spacial score (nSPS) is 17.1. The number of aromatic nitrogens is 2. The number of aliphatic carboxylic acids is 1. The van der Waals surface area contributed by atoms with Gasteiger partial charge in [-0.25, -0.2) is 9.78 Å². The fourth-order valence-corrected chi connectivity index (χ4v) is 3.45. The van der Waals surface area contributed by atoms with Crippen LogP contribution in [-0.2, 0) is 9.59 Å². The lowest BCUT2D eigenvalue weighted by Crippen LogP contribution is -2.55. The lowest BCUT2D eigenvalue weighted by atomic mass is 9.83. The number of amides is 2. The van der Waals surface area contributed by atoms with Gasteiger partial charge in [-0.1, -0.05) is 33.1 Å². The van der Waals surface area contributed by atoms with Gasteiger partial charge < -0.3 is 15.7 Å². The number of rotatable bonds is 8. The van der Waals surface area contributed by atoms with Crippen molar-refractivity contribution in [3.05, 3.63) is 24.3 Å². The van der Waals surface area contributed by atoms with E-state index in [2.05, 4.69) is 20.6 Å². The molecule has 3 N–H and O–H groups in total. The second kappa shape index (κ2) is 9.99. The summed E-state index contributed by atoms with van der Waals surface area (Å²) in [5.74, 6) is -1.90. The second-order valence-electron chi connectivity index (χ2n) is 7.47. The van der Waals surface area contributed by atoms with Gasteiger partial charge in [0, 0.05) is 12.4 Å². The molecule has 0 aliphatic heterocycles. The molecule has 2 atom stereocenters. The van der Waals surface area contributed by atoms with Gasteiger partial charge in [0.1, 0.15) is 17.8 Å². The SMILES string of the molecule is CC(C)C[C@H](NC(=O)[C@@H](NC(=O)c1cnccn1)C1CCCCC1)C(=O)O. The Bertz CT molecular complexity index is 644. The summed E-state index contributed by atoms with van der Waals surface area (Å²) < 4.78 is 0. The molecule has 8 nitrogen and oxygen atoms in total. The van der Waals surface area contributed by atoms with Crippen LogP contribution >= 0.6 is 0 Å². The van der Waals surface area contributed by atoms with E-state index >= 15 is 0 Å². The molecule has 0 bridgehead atoms. The van der Waals surface area contributed by atoms with Gasteiger partial charge in [-0.2, -0.15) is 0 Å². The molecule has 1 aliphatic rings. The molecule has 1 fully saturated rings. The number of hydrogen-bond donors (Lipinski definition) is 3. The van der Waals surface area contributed by atoms with Crippen LogP contribution < -0.4 is 10.6 Å². The first-order chi connectivity index (χ1) is 12.9. The summed E-state index contributed by atoms with van der Waals surface area (Å²) in [6, 6.07) is -1.76. The summed E-state index contributed by atoms with van der Waals surface area (Å²) in [6.45, 7) is 3.80. The summed E-state index contributed by atoms with van der Waals surface area (Å²) >= 11 is 0. The number of carboxylic acid groups (broad SMARTS) is 1. The standard InChI is InChI=1S/C19H28N4O4/c1-12(2)10-14(19(26)27)22-18(25)16(13-6-4-3-5-7-13)23-17(24)15-11-20-8-9-21-15/h8-9,11-14,16H,3-7,10H2,1-2H3,(H,22,25)(H,23,24)(H,26,27)/t14-,16-/m0/s1. The molecule has 0 saturated heterocycles. The lowest BCUT2D eigenvalue weighted by Gasteiger charge is -2.31. The first kappa shape index (κ1) is 20.8. The Balaban J connectivity index is 2.14. The average molecular weight is 376 g/mol. The van der Waals surface area contributed by atoms with Gasteiger partial charge in [0.25, 0.3) is 5.91 Å². The predicted octanol–water partition coefficient (Wildman–Crippen LogP) is 1.77. The minimum absolute atomic E-state index is 0.0205. The van der Waals surface area contributed by atoms with Gasteiger partial charge in [0.15, 0.2) is 0 Å². The van der Waals surface area contributed by atoms with Crippen LogP contribution in [0.15, 0.2) is 18.6 Å². The summed E-state index contributed by atoms with van der Waals surface area (Å²) in [6.07, 6.45) is 9.27. The molecule has 0 unspecified atom stereocenters. The monoisotopic (exact) mass is 376 g/mol. The Labute approximate surface area is 159 Å². The number of nitrogens with one attached hydrogen (secondary N) is 2. The quantitative estimate of drug-likeness (QED) is 0.636. The number of carbonyl (C=O) groups is 3. The molecule has 2 amide bonds. The van der Waals surface area contributed by atoms with Gasteiger partial charge in [-0.05, 0) is 31.1 Å². The third-order valence-corrected chi connectivity index (χ3v) is 4.81. The lowest BCUT2D eigenvalue weighted by molar-refractivity contribution is -0.142. The van der Waals surface area contributed by atoms with E-state index in [1.54, 1.807) is 0 Å². The molecule has 2 rings (SSSR count). The van der Waals surface area contributed by atoms with E-state index < -0.39 is 29.9 Å². The smallest absolute Gasteiger partial charge is 0.326 e. The van der Waals surface area contributed by atoms with Crippen molar-refractivity contribution in [2.24, 2.45) is 11.8 Å². The molecular formula is C19H28N4O4. The number of nitrogens with zero attached hydrogens (tertiary/aromatic N) is 2. The molecule has 1 saturated carbocycles. The average Bonchev–Trinajstić information content (AvgIpc) is 2.66. The van der Waals surface area contributed by atoms with Gasteiger partial charge >= 0.3 is 5.97 Å². The van der Waals surface area contributed by atoms with E-state index in [0.29, 0.717) is 6.42 Å². The molecule has 0 aromatic carbocycles. The molecular weight excluding hydrogens is 348 g/mol. The Morgan fingerprint density at radius 2 is 1.85 bits per heavy atom. The Morgan fingerprint density at radius 3 is 2.41 bits per heavy atom. The van der Waals surface area contributed by atoms with Crippen molar-refractivity contribution in [1.82, 2.24) is 20.6 Å². The van der Waals surface area contributed by atoms with E-state index in [0.717, 1.165) is 32.1 Å². The van der Waals surface area contributed by atoms with Crippen molar-refractivity contribution < 1.29 is 19.5 Å². The van der Waals surface area contributed by atoms with Crippen molar-refractivity contribution in [1.29, 1.82) is 0 Å². The highest BCUT2D eigenvalue weighted by Gasteiger charge is 2.33. The first-order valence-corrected chi connectivity index (χ1v) is 9.48. The zero-order valence-corrected chi connectivity index (χ0v) is 15.9. The van der Waals surface area contributed by atoms with Crippen molar-refractivity contribution in [2.45, 2.75) is 64.5 Å². The largest absolute Gasteiger partial charge is 0.480 e. The van der Waals surface area contributed by atoms with Gasteiger partial charge in [0.2, 0.25) is 5.91 Å². The van der Waals surface area contributed by atoms with Crippen LogP contribution in [0.5, 0.6) is 0 Å². The van der Waals surface area contributed by atoms with Gasteiger partial charge in [-0.3, -0.25) is 14.6 Å². The highest BCUT2D eigenvalue weighted by molar-refractivity contribution is 5.96. The number of carboxylic acids is 1. The minimum atomic E-state index is -1.07. The topological polar surface area (TPSA) is 121 Å². The summed E-state index contributed by atoms with van der Waals surface area (Å²) in [4.78, 5) is 44.7. The van der Waals surface area contributed by atoms with Crippen LogP contribution in [0.1, 0.15) is 62.9 Å². The maximum absolute atomic E-state index is 12.9. The van der Waals surface area contributed by atoms with Crippen LogP contribution in [0, 0.1) is 11.8 Å². The fraction of sp³-hybridized carbons (Fsp3) is 0.632. The summed E-state index contributed by atoms with van der Waals surface area (Å²) in [5, 5.41) is 14.8. The van der Waals surface area contributed by atoms with Crippen LogP contribution in [0.4, 0.5) is 0 Å². The van der Waals surface area contributed by atoms with Crippen LogP contribution in [-0.4, -0.2) is 44.9 Å². The van der Waals surface area contributed by atoms with Crippen molar-refractivity contribution >= 4 is 17.8 Å². The zero-order chi connectivity index (χ0) is 19.8. The van der Waals surface area contributed by atoms with Crippen LogP contribution in [0.25, 0.3) is 0 Å². The van der Waals surface area contributed by atoms with E-state index in [9.17, 15) is 19.5 Å². The van der Waals surface area contributed by atoms with Gasteiger partial charge in [0.05, 0.1) is 6.20 Å². The maximum Gasteiger partial charge on any atom is 0.326 e. The molecule has 0 spiro atoms. The number of hydrogen-bond acceptors (Lipinski definition) is 5. The van der Waals surface area contributed by atoms with Crippen molar-refractivity contribution in [2.75, 3.05) is 0 Å². The maximum atomic E-state index is 12.9. The van der Waals surface area contributed by atoms with E-state index in [1.807, 2.05) is 13.8 Å². The highest BCUT2D eigenvalue weighted by Crippen LogP contribution is 2.27. The van der Waals surface area contributed by atoms with Crippen LogP contribution in [0.3, 0.4) is 0 Å².